The summed E-state index contributed by atoms with van der Waals surface area (Å²) >= 11 is 1.05. The van der Waals surface area contributed by atoms with Crippen molar-refractivity contribution in [3.05, 3.63) is 131 Å². The normalized spacial score (nSPS) is 14.6. The highest BCUT2D eigenvalue weighted by molar-refractivity contribution is 8.15. The van der Waals surface area contributed by atoms with Crippen molar-refractivity contribution in [3.8, 4) is 5.75 Å². The van der Waals surface area contributed by atoms with Crippen LogP contribution in [0.2, 0.25) is 0 Å². The maximum absolute atomic E-state index is 12.0. The fourth-order valence-electron chi connectivity index (χ4n) is 4.55. The molecule has 3 atom stereocenters. The van der Waals surface area contributed by atoms with Crippen LogP contribution < -0.4 is 10.1 Å². The molecule has 2 amide bonds. The third kappa shape index (κ3) is 11.5. The standard InChI is InChI=1S/C19H20N2O3S.C18H14O8/c1-2-13-3-6-15(20-12-13)9-10-24-16-7-4-14(5-8-16)11-17-18(22)21-19(23)25-17;19-15(20)13(25-17(23)11-7-3-1-4-8-11)14(16(21)22)26-18(24)12-9-5-2-6-10-12/h3-8,12,17H,2,9-11H2,1H3,(H,21,22,23);1-10,13-14H,(H,19,20)(H,21,22)/t17-;13-,14-/m10/s1. The molecule has 0 spiro atoms. The SMILES string of the molecule is CCc1ccc(CCOc2ccc(C[C@H]3SC(=O)NC3=O)cc2)nc1.O=C(O[C@H](C(=O)O)[C@H](OC(=O)c1ccccc1)C(=O)O)c1ccccc1. The summed E-state index contributed by atoms with van der Waals surface area (Å²) in [7, 11) is 0. The second-order valence-corrected chi connectivity index (χ2v) is 12.1. The third-order valence-electron chi connectivity index (χ3n) is 7.28. The van der Waals surface area contributed by atoms with Crippen LogP contribution in [-0.4, -0.2) is 74.3 Å². The lowest BCUT2D eigenvalue weighted by atomic mass is 10.1. The van der Waals surface area contributed by atoms with Crippen LogP contribution in [0.5, 0.6) is 5.75 Å². The number of hydrogen-bond acceptors (Lipinski definition) is 11. The van der Waals surface area contributed by atoms with E-state index in [9.17, 15) is 39.0 Å². The van der Waals surface area contributed by atoms with Gasteiger partial charge < -0.3 is 24.4 Å². The van der Waals surface area contributed by atoms with Gasteiger partial charge in [0, 0.05) is 18.3 Å². The summed E-state index contributed by atoms with van der Waals surface area (Å²) in [5.74, 6) is -5.06. The van der Waals surface area contributed by atoms with Gasteiger partial charge in [-0.15, -0.1) is 0 Å². The van der Waals surface area contributed by atoms with E-state index in [2.05, 4.69) is 23.3 Å². The van der Waals surface area contributed by atoms with Crippen molar-refractivity contribution < 1.29 is 53.2 Å². The molecular formula is C37H34N2O11S. The first-order chi connectivity index (χ1) is 24.5. The minimum Gasteiger partial charge on any atom is -0.493 e. The van der Waals surface area contributed by atoms with E-state index in [1.165, 1.54) is 54.1 Å². The Balaban J connectivity index is 0.000000229. The average molecular weight is 715 g/mol. The molecule has 1 aliphatic rings. The van der Waals surface area contributed by atoms with Gasteiger partial charge in [0.2, 0.25) is 18.1 Å². The number of aryl methyl sites for hydroxylation is 1. The molecular weight excluding hydrogens is 680 g/mol. The Kier molecular flexibility index (Phi) is 13.8. The Morgan fingerprint density at radius 2 is 1.29 bits per heavy atom. The molecule has 51 heavy (non-hydrogen) atoms. The summed E-state index contributed by atoms with van der Waals surface area (Å²) in [5, 5.41) is 20.2. The van der Waals surface area contributed by atoms with Crippen molar-refractivity contribution >= 4 is 46.8 Å². The zero-order valence-electron chi connectivity index (χ0n) is 27.3. The van der Waals surface area contributed by atoms with Crippen molar-refractivity contribution in [1.82, 2.24) is 10.3 Å². The van der Waals surface area contributed by atoms with Crippen LogP contribution in [0, 0.1) is 0 Å². The van der Waals surface area contributed by atoms with Gasteiger partial charge in [0.1, 0.15) is 5.75 Å². The predicted octanol–water partition coefficient (Wildman–Crippen LogP) is 4.77. The summed E-state index contributed by atoms with van der Waals surface area (Å²) in [6, 6.07) is 26.6. The molecule has 0 saturated carbocycles. The highest BCUT2D eigenvalue weighted by atomic mass is 32.2. The number of carboxylic acids is 2. The molecule has 0 bridgehead atoms. The van der Waals surface area contributed by atoms with Crippen molar-refractivity contribution in [3.63, 3.8) is 0 Å². The average Bonchev–Trinajstić information content (AvgIpc) is 3.46. The first-order valence-corrected chi connectivity index (χ1v) is 16.6. The second kappa shape index (κ2) is 18.7. The Labute approximate surface area is 297 Å². The van der Waals surface area contributed by atoms with E-state index in [0.717, 1.165) is 41.6 Å². The quantitative estimate of drug-likeness (QED) is 0.151. The zero-order valence-corrected chi connectivity index (χ0v) is 28.1. The van der Waals surface area contributed by atoms with Crippen molar-refractivity contribution in [2.75, 3.05) is 6.61 Å². The van der Waals surface area contributed by atoms with Crippen LogP contribution in [0.25, 0.3) is 0 Å². The first-order valence-electron chi connectivity index (χ1n) is 15.7. The monoisotopic (exact) mass is 714 g/mol. The van der Waals surface area contributed by atoms with Crippen molar-refractivity contribution in [1.29, 1.82) is 0 Å². The lowest BCUT2D eigenvalue weighted by Crippen LogP contribution is -2.45. The molecule has 0 unspecified atom stereocenters. The summed E-state index contributed by atoms with van der Waals surface area (Å²) in [6.45, 7) is 2.67. The van der Waals surface area contributed by atoms with Gasteiger partial charge in [-0.2, -0.15) is 0 Å². The van der Waals surface area contributed by atoms with Gasteiger partial charge in [0.05, 0.1) is 23.0 Å². The summed E-state index contributed by atoms with van der Waals surface area (Å²) in [5.41, 5.74) is 3.31. The molecule has 2 heterocycles. The molecule has 14 heteroatoms. The van der Waals surface area contributed by atoms with E-state index in [0.29, 0.717) is 13.0 Å². The number of imide groups is 1. The van der Waals surface area contributed by atoms with E-state index < -0.39 is 36.1 Å². The number of amides is 2. The van der Waals surface area contributed by atoms with Crippen LogP contribution in [0.15, 0.2) is 103 Å². The highest BCUT2D eigenvalue weighted by Crippen LogP contribution is 2.24. The number of esters is 2. The summed E-state index contributed by atoms with van der Waals surface area (Å²) in [4.78, 5) is 74.0. The van der Waals surface area contributed by atoms with Gasteiger partial charge in [-0.1, -0.05) is 73.3 Å². The number of hydrogen-bond donors (Lipinski definition) is 3. The molecule has 1 aliphatic heterocycles. The van der Waals surface area contributed by atoms with Gasteiger partial charge in [0.15, 0.2) is 0 Å². The van der Waals surface area contributed by atoms with Gasteiger partial charge in [-0.3, -0.25) is 19.9 Å². The zero-order chi connectivity index (χ0) is 36.8. The summed E-state index contributed by atoms with van der Waals surface area (Å²) < 4.78 is 15.3. The molecule has 13 nitrogen and oxygen atoms in total. The largest absolute Gasteiger partial charge is 0.493 e. The Bertz CT molecular complexity index is 1750. The van der Waals surface area contributed by atoms with Crippen LogP contribution in [-0.2, 0) is 43.1 Å². The minimum absolute atomic E-state index is 0.0253. The number of carbonyl (C=O) groups excluding carboxylic acids is 4. The molecule has 1 aromatic heterocycles. The van der Waals surface area contributed by atoms with Crippen LogP contribution >= 0.6 is 11.8 Å². The molecule has 0 aliphatic carbocycles. The van der Waals surface area contributed by atoms with E-state index in [1.54, 1.807) is 12.1 Å². The van der Waals surface area contributed by atoms with Gasteiger partial charge in [0.25, 0.3) is 5.24 Å². The number of carboxylic acid groups (broad SMARTS) is 2. The molecule has 1 saturated heterocycles. The molecule has 3 aromatic carbocycles. The molecule has 5 rings (SSSR count). The number of thioether (sulfide) groups is 1. The molecule has 4 aromatic rings. The Morgan fingerprint density at radius 1 is 0.765 bits per heavy atom. The van der Waals surface area contributed by atoms with Crippen molar-refractivity contribution in [2.45, 2.75) is 43.6 Å². The smallest absolute Gasteiger partial charge is 0.349 e. The number of nitrogens with one attached hydrogen (secondary N) is 1. The minimum atomic E-state index is -2.21. The number of aliphatic carboxylic acids is 2. The number of nitrogens with zero attached hydrogens (tertiary/aromatic N) is 1. The fourth-order valence-corrected chi connectivity index (χ4v) is 5.41. The van der Waals surface area contributed by atoms with Crippen molar-refractivity contribution in [2.24, 2.45) is 0 Å². The lowest BCUT2D eigenvalue weighted by Gasteiger charge is -2.21. The first kappa shape index (κ1) is 37.8. The Morgan fingerprint density at radius 3 is 1.73 bits per heavy atom. The lowest BCUT2D eigenvalue weighted by molar-refractivity contribution is -0.166. The van der Waals surface area contributed by atoms with Crippen LogP contribution in [0.3, 0.4) is 0 Å². The fraction of sp³-hybridized carbons (Fsp3) is 0.216. The number of ether oxygens (including phenoxy) is 3. The van der Waals surface area contributed by atoms with Crippen LogP contribution in [0.1, 0.15) is 44.5 Å². The van der Waals surface area contributed by atoms with E-state index in [1.807, 2.05) is 36.5 Å². The van der Waals surface area contributed by atoms with Gasteiger partial charge >= 0.3 is 23.9 Å². The molecule has 0 radical (unpaired) electrons. The molecule has 264 valence electrons. The number of benzene rings is 3. The van der Waals surface area contributed by atoms with E-state index >= 15 is 0 Å². The topological polar surface area (TPSA) is 195 Å². The number of carbonyl (C=O) groups is 6. The maximum atomic E-state index is 12.0. The predicted molar refractivity (Wildman–Crippen MR) is 184 cm³/mol. The number of pyridine rings is 1. The Hall–Kier alpha value is -6.02. The number of aromatic nitrogens is 1. The third-order valence-corrected chi connectivity index (χ3v) is 8.26. The highest BCUT2D eigenvalue weighted by Gasteiger charge is 2.41. The van der Waals surface area contributed by atoms with E-state index in [4.69, 9.17) is 14.2 Å². The number of rotatable bonds is 14. The van der Waals surface area contributed by atoms with E-state index in [-0.39, 0.29) is 27.5 Å². The van der Waals surface area contributed by atoms with Crippen LogP contribution in [0.4, 0.5) is 4.79 Å². The molecule has 3 N–H and O–H groups in total. The second-order valence-electron chi connectivity index (χ2n) is 10.9. The summed E-state index contributed by atoms with van der Waals surface area (Å²) in [6.07, 6.45) is -0.235. The maximum Gasteiger partial charge on any atom is 0.349 e. The molecule has 1 fully saturated rings. The van der Waals surface area contributed by atoms with Gasteiger partial charge in [-0.05, 0) is 66.4 Å². The van der Waals surface area contributed by atoms with Gasteiger partial charge in [-0.25, -0.2) is 19.2 Å².